The van der Waals surface area contributed by atoms with E-state index >= 15 is 0 Å². The normalized spacial score (nSPS) is 22.7. The van der Waals surface area contributed by atoms with Gasteiger partial charge in [-0.05, 0) is 18.4 Å². The van der Waals surface area contributed by atoms with Crippen LogP contribution < -0.4 is 5.32 Å². The topological polar surface area (TPSA) is 88.0 Å². The highest BCUT2D eigenvalue weighted by Gasteiger charge is 2.44. The van der Waals surface area contributed by atoms with Gasteiger partial charge in [-0.2, -0.15) is 0 Å². The zero-order chi connectivity index (χ0) is 15.6. The maximum atomic E-state index is 12.3. The zero-order valence-corrected chi connectivity index (χ0v) is 12.1. The van der Waals surface area contributed by atoms with Crippen LogP contribution in [0.2, 0.25) is 0 Å². The summed E-state index contributed by atoms with van der Waals surface area (Å²) in [5.41, 5.74) is 0.0500. The second-order valence-corrected chi connectivity index (χ2v) is 5.80. The first-order valence-corrected chi connectivity index (χ1v) is 7.44. The minimum Gasteiger partial charge on any atom is -0.480 e. The predicted molar refractivity (Wildman–Crippen MR) is 79.3 cm³/mol. The Morgan fingerprint density at radius 2 is 1.91 bits per heavy atom. The molecule has 22 heavy (non-hydrogen) atoms. The van der Waals surface area contributed by atoms with E-state index in [-0.39, 0.29) is 11.8 Å². The molecule has 0 unspecified atom stereocenters. The number of carboxylic acid groups (broad SMARTS) is 1. The summed E-state index contributed by atoms with van der Waals surface area (Å²) in [5.74, 6) is -1.42. The molecule has 0 bridgehead atoms. The molecule has 0 aromatic heterocycles. The molecule has 2 aliphatic rings. The van der Waals surface area contributed by atoms with Crippen molar-refractivity contribution in [3.8, 4) is 0 Å². The van der Waals surface area contributed by atoms with Crippen LogP contribution in [0.15, 0.2) is 35.5 Å². The van der Waals surface area contributed by atoms with Gasteiger partial charge in [-0.25, -0.2) is 4.79 Å². The van der Waals surface area contributed by atoms with E-state index in [0.717, 1.165) is 18.4 Å². The van der Waals surface area contributed by atoms with Crippen molar-refractivity contribution >= 4 is 17.6 Å². The molecule has 1 fully saturated rings. The lowest BCUT2D eigenvalue weighted by molar-refractivity contribution is -0.146. The molecule has 3 rings (SSSR count). The Labute approximate surface area is 128 Å². The van der Waals surface area contributed by atoms with Crippen LogP contribution in [0.3, 0.4) is 0 Å². The van der Waals surface area contributed by atoms with E-state index in [1.54, 1.807) is 0 Å². The Kier molecular flexibility index (Phi) is 3.83. The highest BCUT2D eigenvalue weighted by molar-refractivity contribution is 6.39. The SMILES string of the molecule is O=C(NC1(C(=O)O)CCCC1)C1=NO[C@@H](c2ccccc2)C1. The molecule has 116 valence electrons. The van der Waals surface area contributed by atoms with Crippen molar-refractivity contribution < 1.29 is 19.5 Å². The zero-order valence-electron chi connectivity index (χ0n) is 12.1. The average Bonchev–Trinajstić information content (AvgIpc) is 3.18. The Hall–Kier alpha value is -2.37. The van der Waals surface area contributed by atoms with Crippen LogP contribution in [0.5, 0.6) is 0 Å². The maximum absolute atomic E-state index is 12.3. The van der Waals surface area contributed by atoms with Crippen LogP contribution in [-0.2, 0) is 14.4 Å². The number of hydrogen-bond donors (Lipinski definition) is 2. The molecule has 2 N–H and O–H groups in total. The molecule has 6 nitrogen and oxygen atoms in total. The average molecular weight is 302 g/mol. The molecule has 1 amide bonds. The number of aliphatic carboxylic acids is 1. The smallest absolute Gasteiger partial charge is 0.329 e. The molecule has 1 aromatic rings. The van der Waals surface area contributed by atoms with Crippen LogP contribution in [0.25, 0.3) is 0 Å². The van der Waals surface area contributed by atoms with Crippen LogP contribution >= 0.6 is 0 Å². The Morgan fingerprint density at radius 1 is 1.23 bits per heavy atom. The van der Waals surface area contributed by atoms with Crippen molar-refractivity contribution in [2.24, 2.45) is 5.16 Å². The third kappa shape index (κ3) is 2.68. The van der Waals surface area contributed by atoms with E-state index in [4.69, 9.17) is 4.84 Å². The number of carbonyl (C=O) groups excluding carboxylic acids is 1. The van der Waals surface area contributed by atoms with Gasteiger partial charge >= 0.3 is 5.97 Å². The van der Waals surface area contributed by atoms with Crippen LogP contribution in [0.1, 0.15) is 43.8 Å². The van der Waals surface area contributed by atoms with Gasteiger partial charge in [-0.15, -0.1) is 0 Å². The van der Waals surface area contributed by atoms with Crippen molar-refractivity contribution in [1.29, 1.82) is 0 Å². The van der Waals surface area contributed by atoms with Crippen molar-refractivity contribution in [1.82, 2.24) is 5.32 Å². The van der Waals surface area contributed by atoms with Gasteiger partial charge in [0.15, 0.2) is 6.10 Å². The van der Waals surface area contributed by atoms with Gasteiger partial charge in [0.1, 0.15) is 11.3 Å². The van der Waals surface area contributed by atoms with Gasteiger partial charge in [0, 0.05) is 6.42 Å². The second-order valence-electron chi connectivity index (χ2n) is 5.80. The Morgan fingerprint density at radius 3 is 2.55 bits per heavy atom. The lowest BCUT2D eigenvalue weighted by atomic mass is 9.97. The molecule has 1 saturated carbocycles. The van der Waals surface area contributed by atoms with Gasteiger partial charge in [0.2, 0.25) is 0 Å². The fourth-order valence-electron chi connectivity index (χ4n) is 3.02. The number of nitrogens with zero attached hydrogens (tertiary/aromatic N) is 1. The fraction of sp³-hybridized carbons (Fsp3) is 0.438. The standard InChI is InChI=1S/C16H18N2O4/c19-14(17-16(15(20)21)8-4-5-9-16)12-10-13(22-18-12)11-6-2-1-3-7-11/h1-3,6-7,13H,4-5,8-10H2,(H,17,19)(H,20,21)/t13-/m1/s1. The van der Waals surface area contributed by atoms with Crippen LogP contribution in [0, 0.1) is 0 Å². The third-order valence-electron chi connectivity index (χ3n) is 4.32. The lowest BCUT2D eigenvalue weighted by Gasteiger charge is -2.24. The van der Waals surface area contributed by atoms with E-state index < -0.39 is 17.4 Å². The summed E-state index contributed by atoms with van der Waals surface area (Å²) >= 11 is 0. The third-order valence-corrected chi connectivity index (χ3v) is 4.32. The summed E-state index contributed by atoms with van der Waals surface area (Å²) in [6.45, 7) is 0. The molecule has 1 aliphatic heterocycles. The Balaban J connectivity index is 1.65. The van der Waals surface area contributed by atoms with Gasteiger partial charge in [-0.3, -0.25) is 4.79 Å². The van der Waals surface area contributed by atoms with Crippen molar-refractivity contribution in [2.75, 3.05) is 0 Å². The Bertz CT molecular complexity index is 606. The first kappa shape index (κ1) is 14.6. The summed E-state index contributed by atoms with van der Waals surface area (Å²) in [6.07, 6.45) is 2.61. The van der Waals surface area contributed by atoms with Crippen molar-refractivity contribution in [3.05, 3.63) is 35.9 Å². The number of amides is 1. The number of hydrogen-bond acceptors (Lipinski definition) is 4. The molecule has 1 aliphatic carbocycles. The summed E-state index contributed by atoms with van der Waals surface area (Å²) < 4.78 is 0. The summed E-state index contributed by atoms with van der Waals surface area (Å²) in [7, 11) is 0. The number of nitrogens with one attached hydrogen (secondary N) is 1. The van der Waals surface area contributed by atoms with Crippen LogP contribution in [-0.4, -0.2) is 28.2 Å². The predicted octanol–water partition coefficient (Wildman–Crippen LogP) is 2.02. The highest BCUT2D eigenvalue weighted by Crippen LogP contribution is 2.31. The van der Waals surface area contributed by atoms with Crippen molar-refractivity contribution in [3.63, 3.8) is 0 Å². The molecule has 0 radical (unpaired) electrons. The summed E-state index contributed by atoms with van der Waals surface area (Å²) in [5, 5.41) is 15.9. The number of benzene rings is 1. The van der Waals surface area contributed by atoms with E-state index in [1.165, 1.54) is 0 Å². The van der Waals surface area contributed by atoms with E-state index in [9.17, 15) is 14.7 Å². The largest absolute Gasteiger partial charge is 0.480 e. The first-order valence-electron chi connectivity index (χ1n) is 7.44. The quantitative estimate of drug-likeness (QED) is 0.890. The number of oxime groups is 1. The van der Waals surface area contributed by atoms with E-state index in [1.807, 2.05) is 30.3 Å². The fourth-order valence-corrected chi connectivity index (χ4v) is 3.02. The monoisotopic (exact) mass is 302 g/mol. The number of carbonyl (C=O) groups is 2. The first-order chi connectivity index (χ1) is 10.6. The van der Waals surface area contributed by atoms with Crippen molar-refractivity contribution in [2.45, 2.75) is 43.7 Å². The molecule has 0 saturated heterocycles. The molecule has 6 heteroatoms. The second kappa shape index (κ2) is 5.79. The summed E-state index contributed by atoms with van der Waals surface area (Å²) in [6, 6.07) is 9.53. The maximum Gasteiger partial charge on any atom is 0.329 e. The van der Waals surface area contributed by atoms with Gasteiger partial charge in [-0.1, -0.05) is 48.3 Å². The molecule has 1 heterocycles. The molecular formula is C16H18N2O4. The molecule has 1 atom stereocenters. The number of carboxylic acids is 1. The highest BCUT2D eigenvalue weighted by atomic mass is 16.6. The molecular weight excluding hydrogens is 284 g/mol. The van der Waals surface area contributed by atoms with Gasteiger partial charge in [0.25, 0.3) is 5.91 Å². The molecule has 1 aromatic carbocycles. The molecule has 0 spiro atoms. The van der Waals surface area contributed by atoms with E-state index in [0.29, 0.717) is 19.3 Å². The lowest BCUT2D eigenvalue weighted by Crippen LogP contribution is -2.54. The minimum absolute atomic E-state index is 0.251. The van der Waals surface area contributed by atoms with E-state index in [2.05, 4.69) is 10.5 Å². The number of rotatable bonds is 4. The minimum atomic E-state index is -1.15. The van der Waals surface area contributed by atoms with Gasteiger partial charge in [0.05, 0.1) is 0 Å². The van der Waals surface area contributed by atoms with Gasteiger partial charge < -0.3 is 15.3 Å². The summed E-state index contributed by atoms with van der Waals surface area (Å²) in [4.78, 5) is 29.1. The van der Waals surface area contributed by atoms with Crippen LogP contribution in [0.4, 0.5) is 0 Å².